The highest BCUT2D eigenvalue weighted by Gasteiger charge is 2.25. The topological polar surface area (TPSA) is 129 Å². The summed E-state index contributed by atoms with van der Waals surface area (Å²) in [5, 5.41) is 34.5. The van der Waals surface area contributed by atoms with Crippen LogP contribution >= 0.6 is 0 Å². The summed E-state index contributed by atoms with van der Waals surface area (Å²) in [5.41, 5.74) is 20.7. The predicted molar refractivity (Wildman–Crippen MR) is 384 cm³/mol. The Morgan fingerprint density at radius 2 is 0.615 bits per heavy atom. The third-order valence-electron chi connectivity index (χ3n) is 18.0. The van der Waals surface area contributed by atoms with Gasteiger partial charge in [-0.1, -0.05) is 194 Å². The van der Waals surface area contributed by atoms with Crippen LogP contribution < -0.4 is 0 Å². The van der Waals surface area contributed by atoms with E-state index in [4.69, 9.17) is 28.1 Å². The number of nitriles is 3. The second-order valence-electron chi connectivity index (χ2n) is 23.4. The number of hydrogen-bond acceptors (Lipinski definition) is 6. The van der Waals surface area contributed by atoms with E-state index in [0.717, 1.165) is 133 Å². The van der Waals surface area contributed by atoms with Crippen LogP contribution in [0.5, 0.6) is 0 Å². The molecular formula is C86H48N10. The van der Waals surface area contributed by atoms with Crippen molar-refractivity contribution in [1.82, 2.24) is 24.1 Å². The average molecular weight is 1220 g/mol. The maximum atomic E-state index is 10.4. The first-order valence-corrected chi connectivity index (χ1v) is 31.1. The Morgan fingerprint density at radius 1 is 0.271 bits per heavy atom. The molecule has 0 saturated carbocycles. The van der Waals surface area contributed by atoms with Crippen molar-refractivity contribution in [2.75, 3.05) is 0 Å². The Morgan fingerprint density at radius 3 is 1.05 bits per heavy atom. The van der Waals surface area contributed by atoms with E-state index in [2.05, 4.69) is 146 Å². The van der Waals surface area contributed by atoms with Crippen molar-refractivity contribution in [3.63, 3.8) is 0 Å². The summed E-state index contributed by atoms with van der Waals surface area (Å²) in [6.07, 6.45) is 0. The van der Waals surface area contributed by atoms with Gasteiger partial charge in [0, 0.05) is 43.8 Å². The van der Waals surface area contributed by atoms with Crippen molar-refractivity contribution in [1.29, 1.82) is 15.8 Å². The summed E-state index contributed by atoms with van der Waals surface area (Å²) in [5.74, 6) is 1.41. The van der Waals surface area contributed by atoms with E-state index < -0.39 is 0 Å². The smallest absolute Gasteiger partial charge is 0.194 e. The molecule has 0 saturated heterocycles. The number of para-hydroxylation sites is 2. The molecule has 0 spiro atoms. The Balaban J connectivity index is 1.01. The van der Waals surface area contributed by atoms with Crippen LogP contribution in [-0.4, -0.2) is 24.1 Å². The average Bonchev–Trinajstić information content (AvgIpc) is 1.55. The molecule has 3 heterocycles. The molecule has 0 aliphatic carbocycles. The Kier molecular flexibility index (Phi) is 14.2. The van der Waals surface area contributed by atoms with E-state index in [1.54, 1.807) is 0 Å². The van der Waals surface area contributed by atoms with Gasteiger partial charge < -0.3 is 9.13 Å². The quantitative estimate of drug-likeness (QED) is 0.119. The third kappa shape index (κ3) is 9.93. The number of hydrogen-bond donors (Lipinski definition) is 0. The third-order valence-corrected chi connectivity index (χ3v) is 18.0. The van der Waals surface area contributed by atoms with Crippen molar-refractivity contribution in [3.05, 3.63) is 331 Å². The van der Waals surface area contributed by atoms with Gasteiger partial charge in [-0.2, -0.15) is 15.8 Å². The van der Waals surface area contributed by atoms with Gasteiger partial charge in [-0.25, -0.2) is 24.6 Å². The monoisotopic (exact) mass is 1220 g/mol. The van der Waals surface area contributed by atoms with Gasteiger partial charge in [0.05, 0.1) is 81.5 Å². The lowest BCUT2D eigenvalue weighted by Gasteiger charge is -2.19. The fourth-order valence-corrected chi connectivity index (χ4v) is 13.4. The molecule has 0 unspecified atom stereocenters. The van der Waals surface area contributed by atoms with E-state index in [1.165, 1.54) is 0 Å². The highest BCUT2D eigenvalue weighted by atomic mass is 15.1. The molecule has 96 heavy (non-hydrogen) atoms. The van der Waals surface area contributed by atoms with Crippen LogP contribution in [0.25, 0.3) is 166 Å². The lowest BCUT2D eigenvalue weighted by molar-refractivity contribution is 1.06. The van der Waals surface area contributed by atoms with Crippen LogP contribution in [-0.2, 0) is 0 Å². The van der Waals surface area contributed by atoms with Crippen LogP contribution in [0, 0.1) is 47.1 Å². The van der Waals surface area contributed by atoms with Crippen molar-refractivity contribution in [2.24, 2.45) is 0 Å². The molecule has 0 atom stereocenters. The van der Waals surface area contributed by atoms with E-state index in [1.807, 2.05) is 182 Å². The molecule has 10 heteroatoms. The standard InChI is InChI=1S/C86H48N10/c1-90-76-27-15-13-25-68(76)61-36-42-80-73(48-61)71-46-59(66-23-11-9-21-64(66)52-88)34-40-79(71)95(80)78-39-33-58(55-31-29-54(51-87)30-32-55)45-70(78)63-38-44-83(75(50-63)86-93-84(56-17-5-3-6-18-56)92-85(94-86)57-19-7-4-8-20-57)96-81-41-35-60(67-24-12-10-22-65(67)53-89)47-72(81)74-49-62(37-43-82(74)96)69-26-14-16-28-77(69)91-2/h3-50H. The number of fused-ring (bicyclic) bond motifs is 6. The molecule has 13 aromatic carbocycles. The van der Waals surface area contributed by atoms with E-state index in [0.29, 0.717) is 51.1 Å². The van der Waals surface area contributed by atoms with Gasteiger partial charge in [-0.15, -0.1) is 0 Å². The maximum Gasteiger partial charge on any atom is 0.194 e. The molecule has 0 radical (unpaired) electrons. The molecule has 16 aromatic rings. The Bertz CT molecular complexity index is 5800. The second-order valence-corrected chi connectivity index (χ2v) is 23.4. The number of benzene rings is 13. The van der Waals surface area contributed by atoms with E-state index >= 15 is 0 Å². The first-order valence-electron chi connectivity index (χ1n) is 31.1. The summed E-state index contributed by atoms with van der Waals surface area (Å²) in [6, 6.07) is 104. The minimum absolute atomic E-state index is 0.427. The van der Waals surface area contributed by atoms with Crippen LogP contribution in [0.2, 0.25) is 0 Å². The summed E-state index contributed by atoms with van der Waals surface area (Å²) in [7, 11) is 0. The molecule has 0 bridgehead atoms. The summed E-state index contributed by atoms with van der Waals surface area (Å²) >= 11 is 0. The summed E-state index contributed by atoms with van der Waals surface area (Å²) < 4.78 is 4.58. The van der Waals surface area contributed by atoms with Gasteiger partial charge >= 0.3 is 0 Å². The van der Waals surface area contributed by atoms with Crippen LogP contribution in [0.15, 0.2) is 291 Å². The second kappa shape index (κ2) is 23.9. The summed E-state index contributed by atoms with van der Waals surface area (Å²) in [4.78, 5) is 24.0. The van der Waals surface area contributed by atoms with Crippen LogP contribution in [0.1, 0.15) is 16.7 Å². The first-order chi connectivity index (χ1) is 47.4. The largest absolute Gasteiger partial charge is 0.309 e. The molecule has 0 amide bonds. The number of nitrogens with zero attached hydrogens (tertiary/aromatic N) is 10. The van der Waals surface area contributed by atoms with Crippen LogP contribution in [0.4, 0.5) is 11.4 Å². The van der Waals surface area contributed by atoms with Crippen molar-refractivity contribution >= 4 is 55.0 Å². The van der Waals surface area contributed by atoms with Crippen molar-refractivity contribution in [3.8, 4) is 131 Å². The van der Waals surface area contributed by atoms with E-state index in [-0.39, 0.29) is 0 Å². The molecule has 0 aliphatic rings. The maximum absolute atomic E-state index is 10.4. The zero-order valence-corrected chi connectivity index (χ0v) is 51.2. The lowest BCUT2D eigenvalue weighted by atomic mass is 9.94. The fourth-order valence-electron chi connectivity index (χ4n) is 13.4. The zero-order valence-electron chi connectivity index (χ0n) is 51.2. The number of aromatic nitrogens is 5. The van der Waals surface area contributed by atoms with Crippen molar-refractivity contribution in [2.45, 2.75) is 0 Å². The van der Waals surface area contributed by atoms with E-state index in [9.17, 15) is 15.8 Å². The molecular weight excluding hydrogens is 1170 g/mol. The normalized spacial score (nSPS) is 11.1. The molecule has 0 fully saturated rings. The van der Waals surface area contributed by atoms with Gasteiger partial charge in [-0.3, -0.25) is 0 Å². The molecule has 0 aliphatic heterocycles. The zero-order chi connectivity index (χ0) is 64.8. The van der Waals surface area contributed by atoms with Crippen LogP contribution in [0.3, 0.4) is 0 Å². The predicted octanol–water partition coefficient (Wildman–Crippen LogP) is 21.8. The fraction of sp³-hybridized carbons (Fsp3) is 0. The molecule has 16 rings (SSSR count). The molecule has 0 N–H and O–H groups in total. The summed E-state index contributed by atoms with van der Waals surface area (Å²) in [6.45, 7) is 16.3. The van der Waals surface area contributed by atoms with Crippen molar-refractivity contribution < 1.29 is 0 Å². The lowest BCUT2D eigenvalue weighted by Crippen LogP contribution is -2.04. The van der Waals surface area contributed by atoms with Gasteiger partial charge in [0.15, 0.2) is 28.8 Å². The molecule has 442 valence electrons. The van der Waals surface area contributed by atoms with Gasteiger partial charge in [0.2, 0.25) is 0 Å². The SMILES string of the molecule is [C-]#[N+]c1ccccc1-c1ccc2c(c1)c1cc(-c3ccccc3C#N)ccc1n2-c1ccc(-c2ccc(C#N)cc2)cc1-c1ccc(-n2c3ccc(-c4ccccc4C#N)cc3c3cc(-c4ccccc4[N+]#[C-])ccc32)c(-c2nc(-c3ccccc3)nc(-c3ccccc3)n2)c1. The highest BCUT2D eigenvalue weighted by Crippen LogP contribution is 2.46. The molecule has 3 aromatic heterocycles. The molecule has 10 nitrogen and oxygen atoms in total. The number of rotatable bonds is 11. The van der Waals surface area contributed by atoms with Gasteiger partial charge in [0.25, 0.3) is 0 Å². The Labute approximate surface area is 552 Å². The van der Waals surface area contributed by atoms with Gasteiger partial charge in [0.1, 0.15) is 0 Å². The first kappa shape index (κ1) is 57.1. The highest BCUT2D eigenvalue weighted by molar-refractivity contribution is 6.14. The van der Waals surface area contributed by atoms with Gasteiger partial charge in [-0.05, 0) is 158 Å². The minimum atomic E-state index is 0.427. The Hall–Kier alpha value is -14.1. The minimum Gasteiger partial charge on any atom is -0.309 e.